The Morgan fingerprint density at radius 3 is 2.50 bits per heavy atom. The molecule has 0 aromatic carbocycles. The van der Waals surface area contributed by atoms with E-state index in [-0.39, 0.29) is 0 Å². The molecule has 1 atom stereocenters. The van der Waals surface area contributed by atoms with Gasteiger partial charge in [-0.1, -0.05) is 0 Å². The van der Waals surface area contributed by atoms with E-state index in [2.05, 4.69) is 9.80 Å². The van der Waals surface area contributed by atoms with E-state index in [0.29, 0.717) is 26.2 Å². The molecule has 0 amide bonds. The molecular weight excluding hydrogens is 232 g/mol. The van der Waals surface area contributed by atoms with E-state index in [4.69, 9.17) is 4.74 Å². The first-order chi connectivity index (χ1) is 8.70. The Hall–Kier alpha value is -0.650. The van der Waals surface area contributed by atoms with Gasteiger partial charge in [0.1, 0.15) is 5.41 Å². The van der Waals surface area contributed by atoms with E-state index in [1.807, 2.05) is 0 Å². The lowest BCUT2D eigenvalue weighted by molar-refractivity contribution is -0.150. The van der Waals surface area contributed by atoms with Gasteiger partial charge in [-0.15, -0.1) is 0 Å². The van der Waals surface area contributed by atoms with Crippen LogP contribution in [0.2, 0.25) is 0 Å². The minimum atomic E-state index is -0.690. The van der Waals surface area contributed by atoms with Crippen molar-refractivity contribution >= 4 is 5.97 Å². The zero-order valence-corrected chi connectivity index (χ0v) is 10.8. The van der Waals surface area contributed by atoms with Gasteiger partial charge in [-0.2, -0.15) is 0 Å². The summed E-state index contributed by atoms with van der Waals surface area (Å²) in [6.45, 7) is 5.83. The summed E-state index contributed by atoms with van der Waals surface area (Å²) in [5.41, 5.74) is -0.651. The number of aliphatic carboxylic acids is 1. The topological polar surface area (TPSA) is 53.0 Å². The van der Waals surface area contributed by atoms with E-state index in [1.165, 1.54) is 12.8 Å². The van der Waals surface area contributed by atoms with Gasteiger partial charge < -0.3 is 9.84 Å². The maximum absolute atomic E-state index is 11.5. The second-order valence-corrected chi connectivity index (χ2v) is 5.93. The minimum absolute atomic E-state index is 0.380. The van der Waals surface area contributed by atoms with Crippen molar-refractivity contribution in [3.8, 4) is 0 Å². The van der Waals surface area contributed by atoms with Crippen molar-refractivity contribution in [2.75, 3.05) is 45.9 Å². The third-order valence-electron chi connectivity index (χ3n) is 4.55. The fourth-order valence-electron chi connectivity index (χ4n) is 3.12. The van der Waals surface area contributed by atoms with E-state index < -0.39 is 11.4 Å². The molecule has 3 rings (SSSR count). The molecule has 0 aromatic rings. The van der Waals surface area contributed by atoms with E-state index in [9.17, 15) is 9.90 Å². The molecule has 0 bridgehead atoms. The fraction of sp³-hybridized carbons (Fsp3) is 0.923. The third kappa shape index (κ3) is 2.39. The molecule has 5 heteroatoms. The predicted molar refractivity (Wildman–Crippen MR) is 66.5 cm³/mol. The molecule has 2 saturated heterocycles. The van der Waals surface area contributed by atoms with Gasteiger partial charge in [-0.3, -0.25) is 14.6 Å². The average Bonchev–Trinajstić information content (AvgIpc) is 3.10. The van der Waals surface area contributed by atoms with Gasteiger partial charge in [0, 0.05) is 45.4 Å². The normalized spacial score (nSPS) is 34.9. The molecule has 18 heavy (non-hydrogen) atoms. The average molecular weight is 254 g/mol. The number of nitrogens with zero attached hydrogens (tertiary/aromatic N) is 2. The number of carbonyl (C=O) groups is 1. The van der Waals surface area contributed by atoms with Crippen LogP contribution in [0.4, 0.5) is 0 Å². The van der Waals surface area contributed by atoms with Crippen molar-refractivity contribution in [1.29, 1.82) is 0 Å². The summed E-state index contributed by atoms with van der Waals surface area (Å²) in [7, 11) is 0. The standard InChI is InChI=1S/C13H22N2O3/c16-12(17)13(3-8-18-10-13)9-14-4-6-15(7-5-14)11-1-2-11/h11H,1-10H2,(H,16,17). The fourth-order valence-corrected chi connectivity index (χ4v) is 3.12. The van der Waals surface area contributed by atoms with E-state index >= 15 is 0 Å². The van der Waals surface area contributed by atoms with Crippen LogP contribution in [0.5, 0.6) is 0 Å². The SMILES string of the molecule is O=C(O)C1(CN2CCN(C3CC3)CC2)CCOC1. The Bertz CT molecular complexity index is 316. The number of piperazine rings is 1. The molecule has 0 spiro atoms. The number of hydrogen-bond acceptors (Lipinski definition) is 4. The smallest absolute Gasteiger partial charge is 0.313 e. The Morgan fingerprint density at radius 2 is 2.00 bits per heavy atom. The Morgan fingerprint density at radius 1 is 1.28 bits per heavy atom. The predicted octanol–water partition coefficient (Wildman–Crippen LogP) is 0.258. The number of carboxylic acid groups (broad SMARTS) is 1. The van der Waals surface area contributed by atoms with Crippen LogP contribution in [0.1, 0.15) is 19.3 Å². The molecule has 2 heterocycles. The van der Waals surface area contributed by atoms with Crippen LogP contribution in [-0.2, 0) is 9.53 Å². The first-order valence-corrected chi connectivity index (χ1v) is 6.97. The molecule has 0 aromatic heterocycles. The van der Waals surface area contributed by atoms with Crippen LogP contribution in [0.15, 0.2) is 0 Å². The summed E-state index contributed by atoms with van der Waals surface area (Å²) in [6, 6.07) is 0.829. The summed E-state index contributed by atoms with van der Waals surface area (Å²) in [5, 5.41) is 9.43. The number of ether oxygens (including phenoxy) is 1. The summed E-state index contributed by atoms with van der Waals surface area (Å²) in [6.07, 6.45) is 3.37. The van der Waals surface area contributed by atoms with Gasteiger partial charge in [-0.05, 0) is 19.3 Å². The Balaban J connectivity index is 1.54. The Kier molecular flexibility index (Phi) is 3.30. The molecule has 1 N–H and O–H groups in total. The third-order valence-corrected chi connectivity index (χ3v) is 4.55. The monoisotopic (exact) mass is 254 g/mol. The zero-order valence-electron chi connectivity index (χ0n) is 10.8. The summed E-state index contributed by atoms with van der Waals surface area (Å²) in [5.74, 6) is -0.690. The second kappa shape index (κ2) is 4.79. The quantitative estimate of drug-likeness (QED) is 0.780. The van der Waals surface area contributed by atoms with Crippen molar-refractivity contribution in [2.45, 2.75) is 25.3 Å². The van der Waals surface area contributed by atoms with Gasteiger partial charge in [0.05, 0.1) is 6.61 Å². The zero-order chi connectivity index (χ0) is 12.6. The van der Waals surface area contributed by atoms with Crippen molar-refractivity contribution < 1.29 is 14.6 Å². The Labute approximate surface area is 108 Å². The maximum Gasteiger partial charge on any atom is 0.313 e. The molecule has 0 radical (unpaired) electrons. The van der Waals surface area contributed by atoms with Crippen molar-refractivity contribution in [3.05, 3.63) is 0 Å². The molecule has 1 saturated carbocycles. The molecule has 3 fully saturated rings. The number of rotatable bonds is 4. The largest absolute Gasteiger partial charge is 0.481 e. The molecule has 2 aliphatic heterocycles. The second-order valence-electron chi connectivity index (χ2n) is 5.93. The lowest BCUT2D eigenvalue weighted by Gasteiger charge is -2.38. The van der Waals surface area contributed by atoms with Gasteiger partial charge in [0.2, 0.25) is 0 Å². The van der Waals surface area contributed by atoms with Crippen molar-refractivity contribution in [1.82, 2.24) is 9.80 Å². The van der Waals surface area contributed by atoms with Gasteiger partial charge in [0.25, 0.3) is 0 Å². The molecule has 1 aliphatic carbocycles. The van der Waals surface area contributed by atoms with Crippen LogP contribution in [0.3, 0.4) is 0 Å². The molecule has 102 valence electrons. The summed E-state index contributed by atoms with van der Waals surface area (Å²) >= 11 is 0. The highest BCUT2D eigenvalue weighted by Gasteiger charge is 2.44. The van der Waals surface area contributed by atoms with E-state index in [0.717, 1.165) is 32.2 Å². The molecule has 5 nitrogen and oxygen atoms in total. The number of hydrogen-bond donors (Lipinski definition) is 1. The highest BCUT2D eigenvalue weighted by Crippen LogP contribution is 2.32. The molecular formula is C13H22N2O3. The lowest BCUT2D eigenvalue weighted by Crippen LogP contribution is -2.52. The van der Waals surface area contributed by atoms with Crippen molar-refractivity contribution in [3.63, 3.8) is 0 Å². The van der Waals surface area contributed by atoms with Crippen LogP contribution in [0.25, 0.3) is 0 Å². The van der Waals surface area contributed by atoms with Gasteiger partial charge in [-0.25, -0.2) is 0 Å². The summed E-state index contributed by atoms with van der Waals surface area (Å²) < 4.78 is 5.31. The van der Waals surface area contributed by atoms with Gasteiger partial charge in [0.15, 0.2) is 0 Å². The molecule has 1 unspecified atom stereocenters. The minimum Gasteiger partial charge on any atom is -0.481 e. The van der Waals surface area contributed by atoms with Crippen LogP contribution in [-0.4, -0.2) is 72.9 Å². The maximum atomic E-state index is 11.5. The van der Waals surface area contributed by atoms with Crippen LogP contribution < -0.4 is 0 Å². The highest BCUT2D eigenvalue weighted by atomic mass is 16.5. The number of carboxylic acids is 1. The first kappa shape index (κ1) is 12.4. The first-order valence-electron chi connectivity index (χ1n) is 6.97. The van der Waals surface area contributed by atoms with Crippen LogP contribution >= 0.6 is 0 Å². The van der Waals surface area contributed by atoms with E-state index in [1.54, 1.807) is 0 Å². The highest BCUT2D eigenvalue weighted by molar-refractivity contribution is 5.75. The summed E-state index contributed by atoms with van der Waals surface area (Å²) in [4.78, 5) is 16.3. The lowest BCUT2D eigenvalue weighted by atomic mass is 9.86. The van der Waals surface area contributed by atoms with Crippen molar-refractivity contribution in [2.24, 2.45) is 5.41 Å². The molecule has 3 aliphatic rings. The van der Waals surface area contributed by atoms with Crippen LogP contribution in [0, 0.1) is 5.41 Å². The van der Waals surface area contributed by atoms with Gasteiger partial charge >= 0.3 is 5.97 Å².